The number of carboxylic acid groups (broad SMARTS) is 1. The summed E-state index contributed by atoms with van der Waals surface area (Å²) in [6.07, 6.45) is 2.75. The fourth-order valence-electron chi connectivity index (χ4n) is 1.28. The molecule has 1 fully saturated rings. The number of oxazole rings is 1. The van der Waals surface area contributed by atoms with E-state index in [-0.39, 0.29) is 5.76 Å². The van der Waals surface area contributed by atoms with E-state index in [1.54, 1.807) is 0 Å². The van der Waals surface area contributed by atoms with Gasteiger partial charge in [-0.3, -0.25) is 0 Å². The maximum absolute atomic E-state index is 10.7. The summed E-state index contributed by atoms with van der Waals surface area (Å²) in [5, 5.41) is 8.78. The van der Waals surface area contributed by atoms with Crippen molar-refractivity contribution in [3.05, 3.63) is 17.3 Å². The summed E-state index contributed by atoms with van der Waals surface area (Å²) in [6.45, 7) is 1.88. The Hall–Kier alpha value is -1.32. The number of nitrogens with zero attached hydrogens (tertiary/aromatic N) is 1. The van der Waals surface area contributed by atoms with Crippen LogP contribution in [0.5, 0.6) is 0 Å². The number of carboxylic acids is 1. The SMILES string of the molecule is CCc1nc(C2CC2)oc1C(=O)O. The maximum Gasteiger partial charge on any atom is 0.373 e. The molecule has 1 aliphatic carbocycles. The minimum absolute atomic E-state index is 0.0180. The molecule has 1 N–H and O–H groups in total. The highest BCUT2D eigenvalue weighted by Gasteiger charge is 2.31. The summed E-state index contributed by atoms with van der Waals surface area (Å²) in [5.74, 6) is -0.0201. The van der Waals surface area contributed by atoms with E-state index in [1.165, 1.54) is 0 Å². The fourth-order valence-corrected chi connectivity index (χ4v) is 1.28. The van der Waals surface area contributed by atoms with Gasteiger partial charge in [0.2, 0.25) is 5.76 Å². The predicted octanol–water partition coefficient (Wildman–Crippen LogP) is 1.81. The van der Waals surface area contributed by atoms with Crippen LogP contribution in [0.15, 0.2) is 4.42 Å². The normalized spacial score (nSPS) is 16.1. The fraction of sp³-hybridized carbons (Fsp3) is 0.556. The van der Waals surface area contributed by atoms with E-state index in [2.05, 4.69) is 4.98 Å². The molecule has 0 saturated heterocycles. The van der Waals surface area contributed by atoms with Gasteiger partial charge in [-0.2, -0.15) is 0 Å². The van der Waals surface area contributed by atoms with Gasteiger partial charge in [-0.05, 0) is 19.3 Å². The smallest absolute Gasteiger partial charge is 0.373 e. The van der Waals surface area contributed by atoms with E-state index < -0.39 is 5.97 Å². The average molecular weight is 181 g/mol. The summed E-state index contributed by atoms with van der Waals surface area (Å²) in [5.41, 5.74) is 0.564. The summed E-state index contributed by atoms with van der Waals surface area (Å²) >= 11 is 0. The van der Waals surface area contributed by atoms with Crippen LogP contribution in [0, 0.1) is 0 Å². The molecule has 0 aromatic carbocycles. The highest BCUT2D eigenvalue weighted by atomic mass is 16.4. The second kappa shape index (κ2) is 2.87. The van der Waals surface area contributed by atoms with Gasteiger partial charge < -0.3 is 9.52 Å². The Morgan fingerprint density at radius 2 is 2.38 bits per heavy atom. The van der Waals surface area contributed by atoms with Crippen LogP contribution in [-0.2, 0) is 6.42 Å². The first-order valence-corrected chi connectivity index (χ1v) is 4.45. The van der Waals surface area contributed by atoms with Crippen molar-refractivity contribution >= 4 is 5.97 Å². The molecule has 4 heteroatoms. The standard InChI is InChI=1S/C9H11NO3/c1-2-6-7(9(11)12)13-8(10-6)5-3-4-5/h5H,2-4H2,1H3,(H,11,12). The second-order valence-electron chi connectivity index (χ2n) is 3.26. The first-order valence-electron chi connectivity index (χ1n) is 4.45. The van der Waals surface area contributed by atoms with Gasteiger partial charge >= 0.3 is 5.97 Å². The van der Waals surface area contributed by atoms with Crippen molar-refractivity contribution in [2.75, 3.05) is 0 Å². The Morgan fingerprint density at radius 3 is 2.77 bits per heavy atom. The zero-order chi connectivity index (χ0) is 9.42. The second-order valence-corrected chi connectivity index (χ2v) is 3.26. The van der Waals surface area contributed by atoms with Gasteiger partial charge in [0.1, 0.15) is 0 Å². The van der Waals surface area contributed by atoms with Crippen LogP contribution in [0.2, 0.25) is 0 Å². The Kier molecular flexibility index (Phi) is 1.83. The zero-order valence-electron chi connectivity index (χ0n) is 7.41. The molecule has 0 unspecified atom stereocenters. The van der Waals surface area contributed by atoms with Gasteiger partial charge in [-0.25, -0.2) is 9.78 Å². The third-order valence-electron chi connectivity index (χ3n) is 2.17. The highest BCUT2D eigenvalue weighted by molar-refractivity contribution is 5.85. The van der Waals surface area contributed by atoms with Crippen molar-refractivity contribution in [1.82, 2.24) is 4.98 Å². The third kappa shape index (κ3) is 1.43. The lowest BCUT2D eigenvalue weighted by Gasteiger charge is -1.88. The van der Waals surface area contributed by atoms with Crippen LogP contribution >= 0.6 is 0 Å². The summed E-state index contributed by atoms with van der Waals surface area (Å²) < 4.78 is 5.18. The van der Waals surface area contributed by atoms with Gasteiger partial charge in [-0.15, -0.1) is 0 Å². The molecule has 0 spiro atoms. The lowest BCUT2D eigenvalue weighted by molar-refractivity contribution is 0.0659. The highest BCUT2D eigenvalue weighted by Crippen LogP contribution is 2.40. The first kappa shape index (κ1) is 8.29. The Balaban J connectivity index is 2.36. The third-order valence-corrected chi connectivity index (χ3v) is 2.17. The number of rotatable bonds is 3. The molecule has 1 heterocycles. The molecule has 2 rings (SSSR count). The first-order chi connectivity index (χ1) is 6.22. The number of aromatic nitrogens is 1. The quantitative estimate of drug-likeness (QED) is 0.772. The topological polar surface area (TPSA) is 63.3 Å². The zero-order valence-corrected chi connectivity index (χ0v) is 7.41. The van der Waals surface area contributed by atoms with Crippen LogP contribution in [0.4, 0.5) is 0 Å². The monoisotopic (exact) mass is 181 g/mol. The van der Waals surface area contributed by atoms with Crippen LogP contribution in [0.1, 0.15) is 47.8 Å². The molecule has 0 bridgehead atoms. The predicted molar refractivity (Wildman–Crippen MR) is 44.8 cm³/mol. The van der Waals surface area contributed by atoms with Gasteiger partial charge in [0.25, 0.3) is 0 Å². The van der Waals surface area contributed by atoms with Crippen molar-refractivity contribution in [2.24, 2.45) is 0 Å². The largest absolute Gasteiger partial charge is 0.475 e. The van der Waals surface area contributed by atoms with Gasteiger partial charge in [0.15, 0.2) is 5.89 Å². The summed E-state index contributed by atoms with van der Waals surface area (Å²) in [7, 11) is 0. The van der Waals surface area contributed by atoms with Gasteiger partial charge in [0, 0.05) is 5.92 Å². The van der Waals surface area contributed by atoms with Crippen LogP contribution in [-0.4, -0.2) is 16.1 Å². The molecule has 1 aromatic rings. The van der Waals surface area contributed by atoms with Crippen LogP contribution in [0.3, 0.4) is 0 Å². The average Bonchev–Trinajstić information content (AvgIpc) is 2.84. The molecule has 0 atom stereocenters. The number of aryl methyl sites for hydroxylation is 1. The van der Waals surface area contributed by atoms with Gasteiger partial charge in [-0.1, -0.05) is 6.92 Å². The van der Waals surface area contributed by atoms with E-state index in [9.17, 15) is 4.79 Å². The number of aromatic carboxylic acids is 1. The van der Waals surface area contributed by atoms with E-state index in [4.69, 9.17) is 9.52 Å². The van der Waals surface area contributed by atoms with Gasteiger partial charge in [0.05, 0.1) is 5.69 Å². The molecule has 4 nitrogen and oxygen atoms in total. The molecule has 1 saturated carbocycles. The maximum atomic E-state index is 10.7. The van der Waals surface area contributed by atoms with E-state index in [0.29, 0.717) is 23.9 Å². The molecular formula is C9H11NO3. The molecule has 70 valence electrons. The number of hydrogen-bond donors (Lipinski definition) is 1. The lowest BCUT2D eigenvalue weighted by Crippen LogP contribution is -1.98. The molecule has 1 aromatic heterocycles. The summed E-state index contributed by atoms with van der Waals surface area (Å²) in [6, 6.07) is 0. The lowest BCUT2D eigenvalue weighted by atomic mass is 10.3. The molecular weight excluding hydrogens is 170 g/mol. The van der Waals surface area contributed by atoms with Crippen molar-refractivity contribution < 1.29 is 14.3 Å². The molecule has 0 amide bonds. The van der Waals surface area contributed by atoms with E-state index in [0.717, 1.165) is 12.8 Å². The van der Waals surface area contributed by atoms with Crippen molar-refractivity contribution in [3.63, 3.8) is 0 Å². The van der Waals surface area contributed by atoms with Crippen LogP contribution in [0.25, 0.3) is 0 Å². The summed E-state index contributed by atoms with van der Waals surface area (Å²) in [4.78, 5) is 14.9. The van der Waals surface area contributed by atoms with E-state index in [1.807, 2.05) is 6.92 Å². The molecule has 13 heavy (non-hydrogen) atoms. The van der Waals surface area contributed by atoms with Crippen LogP contribution < -0.4 is 0 Å². The number of carbonyl (C=O) groups is 1. The Morgan fingerprint density at radius 1 is 1.69 bits per heavy atom. The molecule has 1 aliphatic rings. The number of hydrogen-bond acceptors (Lipinski definition) is 3. The minimum Gasteiger partial charge on any atom is -0.475 e. The van der Waals surface area contributed by atoms with Crippen molar-refractivity contribution in [1.29, 1.82) is 0 Å². The minimum atomic E-state index is -1.02. The van der Waals surface area contributed by atoms with Crippen molar-refractivity contribution in [2.45, 2.75) is 32.1 Å². The van der Waals surface area contributed by atoms with E-state index >= 15 is 0 Å². The Labute approximate surface area is 75.6 Å². The Bertz CT molecular complexity index is 339. The van der Waals surface area contributed by atoms with Crippen molar-refractivity contribution in [3.8, 4) is 0 Å². The molecule has 0 radical (unpaired) electrons. The molecule has 0 aliphatic heterocycles.